The normalized spacial score (nSPS) is 14.2. The van der Waals surface area contributed by atoms with Gasteiger partial charge in [0.1, 0.15) is 11.6 Å². The summed E-state index contributed by atoms with van der Waals surface area (Å²) in [6, 6.07) is 9.14. The highest BCUT2D eigenvalue weighted by atomic mass is 16.3. The first kappa shape index (κ1) is 17.0. The molecule has 4 rings (SSSR count). The zero-order valence-corrected chi connectivity index (χ0v) is 14.8. The summed E-state index contributed by atoms with van der Waals surface area (Å²) in [4.78, 5) is 29.5. The van der Waals surface area contributed by atoms with Crippen molar-refractivity contribution in [3.05, 3.63) is 66.5 Å². The maximum atomic E-state index is 12.7. The molecule has 1 N–H and O–H groups in total. The van der Waals surface area contributed by atoms with Crippen molar-refractivity contribution in [2.24, 2.45) is 0 Å². The Balaban J connectivity index is 1.32. The van der Waals surface area contributed by atoms with Crippen molar-refractivity contribution >= 4 is 17.7 Å². The van der Waals surface area contributed by atoms with E-state index >= 15 is 0 Å². The van der Waals surface area contributed by atoms with Gasteiger partial charge in [0, 0.05) is 44.8 Å². The van der Waals surface area contributed by atoms with Crippen molar-refractivity contribution in [1.29, 1.82) is 0 Å². The number of hydrogen-bond acceptors (Lipinski definition) is 7. The number of hydrogen-bond donors (Lipinski definition) is 1. The van der Waals surface area contributed by atoms with Crippen LogP contribution in [0.4, 0.5) is 11.8 Å². The minimum absolute atomic E-state index is 0.00582. The molecule has 0 saturated carbocycles. The molecule has 0 unspecified atom stereocenters. The second-order valence-corrected chi connectivity index (χ2v) is 6.19. The minimum Gasteiger partial charge on any atom is -0.467 e. The molecule has 4 heterocycles. The molecule has 1 aliphatic rings. The zero-order valence-electron chi connectivity index (χ0n) is 14.8. The monoisotopic (exact) mass is 364 g/mol. The largest absolute Gasteiger partial charge is 0.467 e. The first-order valence-corrected chi connectivity index (χ1v) is 8.83. The molecule has 0 radical (unpaired) electrons. The van der Waals surface area contributed by atoms with E-state index in [-0.39, 0.29) is 5.91 Å². The predicted molar refractivity (Wildman–Crippen MR) is 100 cm³/mol. The van der Waals surface area contributed by atoms with Crippen LogP contribution in [0.5, 0.6) is 0 Å². The fraction of sp³-hybridized carbons (Fsp3) is 0.263. The molecular weight excluding hydrogens is 344 g/mol. The Morgan fingerprint density at radius 3 is 2.52 bits per heavy atom. The van der Waals surface area contributed by atoms with Crippen molar-refractivity contribution < 1.29 is 9.21 Å². The van der Waals surface area contributed by atoms with Crippen molar-refractivity contribution in [2.75, 3.05) is 36.4 Å². The molecular formula is C19H20N6O2. The van der Waals surface area contributed by atoms with Crippen LogP contribution >= 0.6 is 0 Å². The number of piperazine rings is 1. The number of nitrogens with one attached hydrogen (secondary N) is 1. The summed E-state index contributed by atoms with van der Waals surface area (Å²) in [5.74, 6) is 2.23. The lowest BCUT2D eigenvalue weighted by molar-refractivity contribution is 0.0746. The second kappa shape index (κ2) is 7.86. The predicted octanol–water partition coefficient (Wildman–Crippen LogP) is 2.04. The summed E-state index contributed by atoms with van der Waals surface area (Å²) in [6.45, 7) is 3.25. The number of rotatable bonds is 5. The van der Waals surface area contributed by atoms with Crippen LogP contribution < -0.4 is 10.2 Å². The number of carbonyl (C=O) groups excluding carboxylic acids is 1. The highest BCUT2D eigenvalue weighted by Crippen LogP contribution is 2.14. The van der Waals surface area contributed by atoms with Gasteiger partial charge in [0.25, 0.3) is 5.91 Å². The van der Waals surface area contributed by atoms with Gasteiger partial charge in [-0.15, -0.1) is 0 Å². The van der Waals surface area contributed by atoms with Gasteiger partial charge in [0.2, 0.25) is 5.95 Å². The maximum absolute atomic E-state index is 12.7. The highest BCUT2D eigenvalue weighted by Gasteiger charge is 2.23. The summed E-state index contributed by atoms with van der Waals surface area (Å²) in [5, 5.41) is 3.17. The van der Waals surface area contributed by atoms with Crippen molar-refractivity contribution in [2.45, 2.75) is 6.54 Å². The van der Waals surface area contributed by atoms with E-state index in [1.807, 2.05) is 23.1 Å². The molecule has 138 valence electrons. The lowest BCUT2D eigenvalue weighted by Crippen LogP contribution is -2.49. The molecule has 3 aromatic heterocycles. The van der Waals surface area contributed by atoms with Crippen LogP contribution in [-0.4, -0.2) is 51.9 Å². The van der Waals surface area contributed by atoms with Gasteiger partial charge in [0.05, 0.1) is 18.4 Å². The van der Waals surface area contributed by atoms with Gasteiger partial charge >= 0.3 is 0 Å². The van der Waals surface area contributed by atoms with Crippen LogP contribution in [-0.2, 0) is 6.54 Å². The van der Waals surface area contributed by atoms with E-state index in [1.54, 1.807) is 37.0 Å². The third-order valence-electron chi connectivity index (χ3n) is 4.44. The molecule has 8 heteroatoms. The van der Waals surface area contributed by atoms with Gasteiger partial charge in [-0.25, -0.2) is 15.0 Å². The molecule has 0 bridgehead atoms. The Bertz CT molecular complexity index is 859. The third-order valence-corrected chi connectivity index (χ3v) is 4.44. The molecule has 1 aliphatic heterocycles. The van der Waals surface area contributed by atoms with Gasteiger partial charge in [0.15, 0.2) is 0 Å². The summed E-state index contributed by atoms with van der Waals surface area (Å²) in [7, 11) is 0. The van der Waals surface area contributed by atoms with Crippen LogP contribution in [0.2, 0.25) is 0 Å². The number of furan rings is 1. The van der Waals surface area contributed by atoms with E-state index in [1.165, 1.54) is 0 Å². The Hall–Kier alpha value is -3.42. The molecule has 1 fully saturated rings. The number of anilines is 2. The van der Waals surface area contributed by atoms with E-state index in [0.717, 1.165) is 5.76 Å². The Morgan fingerprint density at radius 1 is 1.04 bits per heavy atom. The number of pyridine rings is 1. The Kier molecular flexibility index (Phi) is 4.95. The molecule has 27 heavy (non-hydrogen) atoms. The topological polar surface area (TPSA) is 87.4 Å². The average Bonchev–Trinajstić information content (AvgIpc) is 3.27. The first-order chi connectivity index (χ1) is 13.3. The molecule has 1 saturated heterocycles. The smallest absolute Gasteiger partial charge is 0.255 e. The van der Waals surface area contributed by atoms with E-state index in [0.29, 0.717) is 50.1 Å². The van der Waals surface area contributed by atoms with Crippen molar-refractivity contribution in [3.8, 4) is 0 Å². The van der Waals surface area contributed by atoms with Crippen LogP contribution in [0.25, 0.3) is 0 Å². The van der Waals surface area contributed by atoms with Gasteiger partial charge in [-0.3, -0.25) is 4.79 Å². The Labute approximate surface area is 156 Å². The van der Waals surface area contributed by atoms with Gasteiger partial charge in [-0.2, -0.15) is 0 Å². The SMILES string of the molecule is O=C(c1ccc(NCc2ccco2)nc1)N1CCN(c2ncccn2)CC1. The fourth-order valence-corrected chi connectivity index (χ4v) is 2.96. The van der Waals surface area contributed by atoms with Crippen LogP contribution in [0.3, 0.4) is 0 Å². The molecule has 0 atom stereocenters. The third kappa shape index (κ3) is 4.05. The molecule has 0 aromatic carbocycles. The Morgan fingerprint density at radius 2 is 1.85 bits per heavy atom. The average molecular weight is 364 g/mol. The second-order valence-electron chi connectivity index (χ2n) is 6.19. The minimum atomic E-state index is -0.00582. The molecule has 1 amide bonds. The van der Waals surface area contributed by atoms with Crippen molar-refractivity contribution in [1.82, 2.24) is 19.9 Å². The lowest BCUT2D eigenvalue weighted by atomic mass is 10.2. The number of aromatic nitrogens is 3. The van der Waals surface area contributed by atoms with Crippen molar-refractivity contribution in [3.63, 3.8) is 0 Å². The molecule has 3 aromatic rings. The van der Waals surface area contributed by atoms with Gasteiger partial charge in [-0.05, 0) is 30.3 Å². The standard InChI is InChI=1S/C19H20N6O2/c26-18(24-8-10-25(11-9-24)19-20-6-2-7-21-19)15-4-5-17(22-13-15)23-14-16-3-1-12-27-16/h1-7,12-13H,8-11,14H2,(H,22,23). The number of nitrogens with zero attached hydrogens (tertiary/aromatic N) is 5. The molecule has 0 spiro atoms. The zero-order chi connectivity index (χ0) is 18.5. The fourth-order valence-electron chi connectivity index (χ4n) is 2.96. The van der Waals surface area contributed by atoms with Gasteiger partial charge < -0.3 is 19.5 Å². The van der Waals surface area contributed by atoms with Crippen LogP contribution in [0.1, 0.15) is 16.1 Å². The van der Waals surface area contributed by atoms with E-state index in [4.69, 9.17) is 4.42 Å². The van der Waals surface area contributed by atoms with E-state index in [2.05, 4.69) is 25.2 Å². The highest BCUT2D eigenvalue weighted by molar-refractivity contribution is 5.94. The molecule has 8 nitrogen and oxygen atoms in total. The van der Waals surface area contributed by atoms with Crippen LogP contribution in [0, 0.1) is 0 Å². The molecule has 0 aliphatic carbocycles. The van der Waals surface area contributed by atoms with E-state index in [9.17, 15) is 4.79 Å². The maximum Gasteiger partial charge on any atom is 0.255 e. The number of carbonyl (C=O) groups is 1. The lowest BCUT2D eigenvalue weighted by Gasteiger charge is -2.34. The number of amides is 1. The first-order valence-electron chi connectivity index (χ1n) is 8.83. The quantitative estimate of drug-likeness (QED) is 0.741. The summed E-state index contributed by atoms with van der Waals surface area (Å²) in [6.07, 6.45) is 6.70. The van der Waals surface area contributed by atoms with E-state index < -0.39 is 0 Å². The summed E-state index contributed by atoms with van der Waals surface area (Å²) in [5.41, 5.74) is 0.586. The summed E-state index contributed by atoms with van der Waals surface area (Å²) >= 11 is 0. The summed E-state index contributed by atoms with van der Waals surface area (Å²) < 4.78 is 5.27. The van der Waals surface area contributed by atoms with Gasteiger partial charge in [-0.1, -0.05) is 0 Å². The van der Waals surface area contributed by atoms with Crippen LogP contribution in [0.15, 0.2) is 59.6 Å².